The summed E-state index contributed by atoms with van der Waals surface area (Å²) in [5, 5.41) is 2.74. The van der Waals surface area contributed by atoms with E-state index in [1.165, 1.54) is 0 Å². The monoisotopic (exact) mass is 548 g/mol. The summed E-state index contributed by atoms with van der Waals surface area (Å²) in [5.41, 5.74) is 2.35. The molecule has 1 unspecified atom stereocenters. The molecule has 0 aliphatic carbocycles. The van der Waals surface area contributed by atoms with Crippen LogP contribution in [0.3, 0.4) is 0 Å². The molecule has 0 radical (unpaired) electrons. The Balaban J connectivity index is 1.63. The third kappa shape index (κ3) is 7.06. The van der Waals surface area contributed by atoms with Crippen molar-refractivity contribution in [2.24, 2.45) is 11.8 Å². The van der Waals surface area contributed by atoms with Gasteiger partial charge in [0.1, 0.15) is 5.60 Å². The number of ether oxygens (including phenoxy) is 1. The van der Waals surface area contributed by atoms with Gasteiger partial charge < -0.3 is 19.9 Å². The van der Waals surface area contributed by atoms with E-state index in [-0.39, 0.29) is 36.5 Å². The molecule has 9 nitrogen and oxygen atoms in total. The second kappa shape index (κ2) is 12.2. The minimum atomic E-state index is -0.762. The van der Waals surface area contributed by atoms with Crippen molar-refractivity contribution in [1.29, 1.82) is 0 Å². The molecule has 0 saturated carbocycles. The summed E-state index contributed by atoms with van der Waals surface area (Å²) in [6.45, 7) is 10.1. The van der Waals surface area contributed by atoms with Gasteiger partial charge in [-0.25, -0.2) is 4.79 Å². The number of anilines is 2. The lowest BCUT2D eigenvalue weighted by molar-refractivity contribution is -0.129. The third-order valence-corrected chi connectivity index (χ3v) is 7.09. The van der Waals surface area contributed by atoms with Crippen LogP contribution in [0.15, 0.2) is 42.6 Å². The van der Waals surface area contributed by atoms with Gasteiger partial charge in [0, 0.05) is 31.5 Å². The van der Waals surface area contributed by atoms with Crippen LogP contribution < -0.4 is 15.1 Å². The van der Waals surface area contributed by atoms with Crippen molar-refractivity contribution in [3.05, 3.63) is 53.9 Å². The average Bonchev–Trinajstić information content (AvgIpc) is 3.30. The Labute approximate surface area is 236 Å². The molecule has 0 spiro atoms. The van der Waals surface area contributed by atoms with Crippen LogP contribution >= 0.6 is 0 Å². The van der Waals surface area contributed by atoms with Gasteiger partial charge in [0.15, 0.2) is 5.78 Å². The van der Waals surface area contributed by atoms with Gasteiger partial charge in [-0.2, -0.15) is 0 Å². The molecule has 1 aromatic heterocycles. The molecular formula is C31H40N4O5. The van der Waals surface area contributed by atoms with Crippen LogP contribution in [0.4, 0.5) is 16.2 Å². The molecule has 2 aliphatic heterocycles. The lowest BCUT2D eigenvalue weighted by atomic mass is 9.85. The number of nitrogens with one attached hydrogen (secondary N) is 1. The van der Waals surface area contributed by atoms with Gasteiger partial charge in [-0.15, -0.1) is 0 Å². The highest BCUT2D eigenvalue weighted by atomic mass is 16.6. The summed E-state index contributed by atoms with van der Waals surface area (Å²) >= 11 is 0. The third-order valence-electron chi connectivity index (χ3n) is 7.09. The second-order valence-corrected chi connectivity index (χ2v) is 12.1. The number of rotatable bonds is 9. The first-order chi connectivity index (χ1) is 18.9. The number of amides is 3. The number of ketones is 1. The van der Waals surface area contributed by atoms with E-state index in [4.69, 9.17) is 4.74 Å². The predicted molar refractivity (Wildman–Crippen MR) is 153 cm³/mol. The first-order valence-corrected chi connectivity index (χ1v) is 14.1. The largest absolute Gasteiger partial charge is 0.444 e. The molecule has 3 heterocycles. The quantitative estimate of drug-likeness (QED) is 0.482. The Morgan fingerprint density at radius 1 is 1.12 bits per heavy atom. The number of carbonyl (C=O) groups excluding carboxylic acids is 4. The van der Waals surface area contributed by atoms with E-state index in [1.807, 2.05) is 50.2 Å². The van der Waals surface area contributed by atoms with Crippen molar-refractivity contribution in [3.8, 4) is 0 Å². The lowest BCUT2D eigenvalue weighted by Gasteiger charge is -2.37. The number of hydrogen-bond donors (Lipinski definition) is 1. The van der Waals surface area contributed by atoms with Crippen molar-refractivity contribution in [3.63, 3.8) is 0 Å². The minimum absolute atomic E-state index is 0.0168. The van der Waals surface area contributed by atoms with Crippen LogP contribution in [0, 0.1) is 11.8 Å². The number of benzene rings is 1. The van der Waals surface area contributed by atoms with Crippen molar-refractivity contribution >= 4 is 35.1 Å². The van der Waals surface area contributed by atoms with Crippen LogP contribution in [0.5, 0.6) is 0 Å². The molecule has 214 valence electrons. The fraction of sp³-hybridized carbons (Fsp3) is 0.516. The lowest BCUT2D eigenvalue weighted by Crippen LogP contribution is -2.47. The Morgan fingerprint density at radius 3 is 2.52 bits per heavy atom. The second-order valence-electron chi connectivity index (χ2n) is 12.1. The molecule has 1 fully saturated rings. The van der Waals surface area contributed by atoms with Gasteiger partial charge in [0.2, 0.25) is 11.8 Å². The fourth-order valence-corrected chi connectivity index (χ4v) is 5.41. The molecular weight excluding hydrogens is 508 g/mol. The number of fused-ring (bicyclic) bond motifs is 1. The van der Waals surface area contributed by atoms with E-state index in [9.17, 15) is 19.2 Å². The maximum atomic E-state index is 14.1. The standard InChI is InChI=1S/C31H40N4O5/c1-20(2)16-24(33-30(39)40-31(3,4)5)26(36)18-22-17-21-10-8-12-25(34-15-9-13-27(34)37)28(21)35(29(22)38)19-23-11-6-7-14-32-23/h6-8,10-12,14,20,22,24H,9,13,15-19H2,1-5H3,(H,33,39)/t22?,24-/m1/s1. The molecule has 2 aromatic rings. The summed E-state index contributed by atoms with van der Waals surface area (Å²) in [4.78, 5) is 60.7. The predicted octanol–water partition coefficient (Wildman–Crippen LogP) is 4.81. The molecule has 40 heavy (non-hydrogen) atoms. The van der Waals surface area contributed by atoms with E-state index < -0.39 is 23.7 Å². The van der Waals surface area contributed by atoms with E-state index in [2.05, 4.69) is 10.3 Å². The van der Waals surface area contributed by atoms with Crippen molar-refractivity contribution in [2.75, 3.05) is 16.3 Å². The van der Waals surface area contributed by atoms with E-state index >= 15 is 0 Å². The van der Waals surface area contributed by atoms with Gasteiger partial charge in [-0.05, 0) is 69.7 Å². The summed E-state index contributed by atoms with van der Waals surface area (Å²) in [7, 11) is 0. The average molecular weight is 549 g/mol. The topological polar surface area (TPSA) is 109 Å². The number of hydrogen-bond acceptors (Lipinski definition) is 6. The highest BCUT2D eigenvalue weighted by molar-refractivity contribution is 6.07. The number of alkyl carbamates (subject to hydrolysis) is 1. The van der Waals surface area contributed by atoms with Gasteiger partial charge in [-0.1, -0.05) is 32.0 Å². The van der Waals surface area contributed by atoms with Crippen LogP contribution in [0.2, 0.25) is 0 Å². The maximum absolute atomic E-state index is 14.1. The van der Waals surface area contributed by atoms with Crippen molar-refractivity contribution < 1.29 is 23.9 Å². The van der Waals surface area contributed by atoms with Crippen LogP contribution in [-0.4, -0.2) is 46.9 Å². The summed E-state index contributed by atoms with van der Waals surface area (Å²) in [6.07, 6.45) is 3.08. The zero-order valence-corrected chi connectivity index (χ0v) is 24.1. The number of aromatic nitrogens is 1. The smallest absolute Gasteiger partial charge is 0.408 e. The molecule has 1 saturated heterocycles. The first kappa shape index (κ1) is 29.2. The number of carbonyl (C=O) groups is 4. The normalized spacial score (nSPS) is 18.1. The molecule has 1 N–H and O–H groups in total. The Kier molecular flexibility index (Phi) is 8.91. The molecule has 3 amide bonds. The van der Waals surface area contributed by atoms with E-state index in [1.54, 1.807) is 36.8 Å². The van der Waals surface area contributed by atoms with Crippen LogP contribution in [0.1, 0.15) is 71.6 Å². The van der Waals surface area contributed by atoms with Gasteiger partial charge >= 0.3 is 6.09 Å². The zero-order valence-electron chi connectivity index (χ0n) is 24.1. The molecule has 9 heteroatoms. The number of nitrogens with zero attached hydrogens (tertiary/aromatic N) is 3. The molecule has 2 aliphatic rings. The highest BCUT2D eigenvalue weighted by Crippen LogP contribution is 2.41. The number of pyridine rings is 1. The van der Waals surface area contributed by atoms with Crippen molar-refractivity contribution in [1.82, 2.24) is 10.3 Å². The molecule has 0 bridgehead atoms. The Hall–Kier alpha value is -3.75. The first-order valence-electron chi connectivity index (χ1n) is 14.1. The summed E-state index contributed by atoms with van der Waals surface area (Å²) in [5.74, 6) is -0.812. The van der Waals surface area contributed by atoms with Gasteiger partial charge in [0.25, 0.3) is 0 Å². The minimum Gasteiger partial charge on any atom is -0.444 e. The fourth-order valence-electron chi connectivity index (χ4n) is 5.41. The van der Waals surface area contributed by atoms with Crippen LogP contribution in [0.25, 0.3) is 0 Å². The summed E-state index contributed by atoms with van der Waals surface area (Å²) < 4.78 is 5.39. The Bertz CT molecular complexity index is 1250. The van der Waals surface area contributed by atoms with Crippen molar-refractivity contribution in [2.45, 2.75) is 84.9 Å². The SMILES string of the molecule is CC(C)C[C@@H](NC(=O)OC(C)(C)C)C(=O)CC1Cc2cccc(N3CCCC3=O)c2N(Cc2ccccn2)C1=O. The van der Waals surface area contributed by atoms with E-state index in [0.29, 0.717) is 37.2 Å². The molecule has 4 rings (SSSR count). The molecule has 2 atom stereocenters. The van der Waals surface area contributed by atoms with Crippen LogP contribution in [-0.2, 0) is 32.1 Å². The Morgan fingerprint density at radius 2 is 1.90 bits per heavy atom. The van der Waals surface area contributed by atoms with Gasteiger partial charge in [0.05, 0.1) is 29.7 Å². The number of Topliss-reactive ketones (excluding diaryl/α,β-unsaturated/α-hetero) is 1. The maximum Gasteiger partial charge on any atom is 0.408 e. The van der Waals surface area contributed by atoms with Gasteiger partial charge in [-0.3, -0.25) is 19.4 Å². The number of para-hydroxylation sites is 1. The zero-order chi connectivity index (χ0) is 29.0. The highest BCUT2D eigenvalue weighted by Gasteiger charge is 2.39. The molecule has 1 aromatic carbocycles. The van der Waals surface area contributed by atoms with E-state index in [0.717, 1.165) is 17.7 Å². The summed E-state index contributed by atoms with van der Waals surface area (Å²) in [6, 6.07) is 10.5.